The molecule has 0 aliphatic heterocycles. The maximum absolute atomic E-state index is 12.6. The number of thioether (sulfide) groups is 1. The summed E-state index contributed by atoms with van der Waals surface area (Å²) in [4.78, 5) is 12.6. The smallest absolute Gasteiger partial charge is 0.234 e. The number of hydrogen-bond donors (Lipinski definition) is 1. The third-order valence-electron chi connectivity index (χ3n) is 4.45. The second-order valence-electron chi connectivity index (χ2n) is 7.06. The highest BCUT2D eigenvalue weighted by atomic mass is 127. The lowest BCUT2D eigenvalue weighted by molar-refractivity contribution is -0.113. The van der Waals surface area contributed by atoms with Crippen LogP contribution in [0.3, 0.4) is 0 Å². The van der Waals surface area contributed by atoms with Gasteiger partial charge in [-0.3, -0.25) is 9.36 Å². The van der Waals surface area contributed by atoms with Crippen LogP contribution in [-0.4, -0.2) is 26.4 Å². The number of benzene rings is 2. The number of halogens is 3. The lowest BCUT2D eigenvalue weighted by Crippen LogP contribution is -2.16. The summed E-state index contributed by atoms with van der Waals surface area (Å²) < 4.78 is 3.04. The summed E-state index contributed by atoms with van der Waals surface area (Å²) in [5.74, 6) is 1.06. The van der Waals surface area contributed by atoms with Gasteiger partial charge in [0.1, 0.15) is 0 Å². The van der Waals surface area contributed by atoms with E-state index in [1.165, 1.54) is 11.8 Å². The first kappa shape index (κ1) is 24.1. The van der Waals surface area contributed by atoms with Crippen molar-refractivity contribution >= 4 is 69.1 Å². The molecule has 9 heteroatoms. The maximum Gasteiger partial charge on any atom is 0.234 e. The van der Waals surface area contributed by atoms with E-state index in [0.29, 0.717) is 33.5 Å². The maximum atomic E-state index is 12.6. The molecule has 3 aromatic rings. The molecule has 0 saturated carbocycles. The van der Waals surface area contributed by atoms with Crippen molar-refractivity contribution in [3.8, 4) is 11.4 Å². The van der Waals surface area contributed by atoms with E-state index >= 15 is 0 Å². The molecule has 5 nitrogen and oxygen atoms in total. The van der Waals surface area contributed by atoms with Crippen molar-refractivity contribution in [1.82, 2.24) is 14.8 Å². The van der Waals surface area contributed by atoms with Crippen LogP contribution in [0.25, 0.3) is 11.4 Å². The molecule has 0 aliphatic rings. The van der Waals surface area contributed by atoms with E-state index in [1.807, 2.05) is 22.8 Å². The second-order valence-corrected chi connectivity index (χ2v) is 10.1. The van der Waals surface area contributed by atoms with Gasteiger partial charge in [-0.15, -0.1) is 16.8 Å². The topological polar surface area (TPSA) is 59.8 Å². The van der Waals surface area contributed by atoms with Crippen LogP contribution in [0.2, 0.25) is 10.0 Å². The molecule has 1 amide bonds. The molecule has 162 valence electrons. The molecule has 3 rings (SSSR count). The number of hydrogen-bond acceptors (Lipinski definition) is 4. The van der Waals surface area contributed by atoms with Crippen molar-refractivity contribution in [3.63, 3.8) is 0 Å². The normalized spacial score (nSPS) is 11.0. The zero-order valence-corrected chi connectivity index (χ0v) is 21.5. The first-order chi connectivity index (χ1) is 14.8. The molecule has 1 heterocycles. The number of nitrogens with one attached hydrogen (secondary N) is 1. The Labute approximate surface area is 209 Å². The van der Waals surface area contributed by atoms with E-state index < -0.39 is 0 Å². The van der Waals surface area contributed by atoms with Crippen LogP contribution in [0.1, 0.15) is 25.3 Å². The summed E-state index contributed by atoms with van der Waals surface area (Å²) in [5, 5.41) is 13.1. The summed E-state index contributed by atoms with van der Waals surface area (Å²) in [5.41, 5.74) is 2.74. The highest BCUT2D eigenvalue weighted by Gasteiger charge is 2.17. The van der Waals surface area contributed by atoms with Gasteiger partial charge in [0, 0.05) is 21.4 Å². The summed E-state index contributed by atoms with van der Waals surface area (Å²) in [6.07, 6.45) is 1.76. The van der Waals surface area contributed by atoms with Gasteiger partial charge in [-0.05, 0) is 70.5 Å². The van der Waals surface area contributed by atoms with Crippen molar-refractivity contribution in [2.45, 2.75) is 31.5 Å². The molecule has 0 unspecified atom stereocenters. The Kier molecular flexibility index (Phi) is 8.43. The number of carbonyl (C=O) groups excluding carboxylic acids is 1. The monoisotopic (exact) mass is 586 g/mol. The van der Waals surface area contributed by atoms with E-state index in [-0.39, 0.29) is 11.7 Å². The predicted molar refractivity (Wildman–Crippen MR) is 138 cm³/mol. The van der Waals surface area contributed by atoms with Crippen LogP contribution >= 0.6 is 57.6 Å². The minimum absolute atomic E-state index is 0.0997. The van der Waals surface area contributed by atoms with Gasteiger partial charge in [0.2, 0.25) is 5.91 Å². The minimum atomic E-state index is -0.0997. The van der Waals surface area contributed by atoms with Gasteiger partial charge in [-0.1, -0.05) is 54.9 Å². The molecule has 0 radical (unpaired) electrons. The van der Waals surface area contributed by atoms with E-state index in [4.69, 9.17) is 23.2 Å². The van der Waals surface area contributed by atoms with Gasteiger partial charge in [-0.2, -0.15) is 0 Å². The molecule has 0 bridgehead atoms. The number of amides is 1. The Balaban J connectivity index is 1.76. The number of nitrogens with zero attached hydrogens (tertiary/aromatic N) is 3. The minimum Gasteiger partial charge on any atom is -0.325 e. The average molecular weight is 587 g/mol. The summed E-state index contributed by atoms with van der Waals surface area (Å²) >= 11 is 15.8. The number of rotatable bonds is 8. The van der Waals surface area contributed by atoms with E-state index in [9.17, 15) is 4.79 Å². The largest absolute Gasteiger partial charge is 0.325 e. The first-order valence-electron chi connectivity index (χ1n) is 9.51. The first-order valence-corrected chi connectivity index (χ1v) is 12.3. The van der Waals surface area contributed by atoms with E-state index in [2.05, 4.69) is 64.6 Å². The zero-order chi connectivity index (χ0) is 22.5. The molecule has 2 aromatic carbocycles. The molecule has 0 atom stereocenters. The summed E-state index contributed by atoms with van der Waals surface area (Å²) in [7, 11) is 0. The number of carbonyl (C=O) groups is 1. The van der Waals surface area contributed by atoms with Crippen molar-refractivity contribution in [2.24, 2.45) is 0 Å². The standard InChI is InChI=1S/C22H21Cl2IN4OS/c1-4-9-29-21(14-5-7-17(23)18(24)10-14)27-28-22(29)31-12-20(30)26-19-8-6-15(25)11-16(19)13(2)3/h4-8,10-11,13H,1,9,12H2,2-3H3,(H,26,30). The van der Waals surface area contributed by atoms with E-state index in [0.717, 1.165) is 20.4 Å². The second kappa shape index (κ2) is 10.8. The van der Waals surface area contributed by atoms with Crippen molar-refractivity contribution in [2.75, 3.05) is 11.1 Å². The summed E-state index contributed by atoms with van der Waals surface area (Å²) in [6, 6.07) is 11.3. The molecule has 0 saturated heterocycles. The Morgan fingerprint density at radius 3 is 2.68 bits per heavy atom. The molecule has 0 fully saturated rings. The van der Waals surface area contributed by atoms with E-state index in [1.54, 1.807) is 18.2 Å². The Morgan fingerprint density at radius 1 is 1.23 bits per heavy atom. The van der Waals surface area contributed by atoms with Crippen LogP contribution in [0.5, 0.6) is 0 Å². The van der Waals surface area contributed by atoms with Crippen LogP contribution < -0.4 is 5.32 Å². The van der Waals surface area contributed by atoms with Crippen molar-refractivity contribution < 1.29 is 4.79 Å². The van der Waals surface area contributed by atoms with Gasteiger partial charge in [0.05, 0.1) is 15.8 Å². The Bertz CT molecular complexity index is 1120. The number of anilines is 1. The van der Waals surface area contributed by atoms with Gasteiger partial charge < -0.3 is 5.32 Å². The fourth-order valence-electron chi connectivity index (χ4n) is 2.98. The zero-order valence-electron chi connectivity index (χ0n) is 17.0. The van der Waals surface area contributed by atoms with Gasteiger partial charge in [-0.25, -0.2) is 0 Å². The summed E-state index contributed by atoms with van der Waals surface area (Å²) in [6.45, 7) is 8.53. The predicted octanol–water partition coefficient (Wildman–Crippen LogP) is 6.90. The SMILES string of the molecule is C=CCn1c(SCC(=O)Nc2ccc(I)cc2C(C)C)nnc1-c1ccc(Cl)c(Cl)c1. The Hall–Kier alpha value is -1.55. The number of aromatic nitrogens is 3. The van der Waals surface area contributed by atoms with Crippen LogP contribution in [0.15, 0.2) is 54.2 Å². The lowest BCUT2D eigenvalue weighted by Gasteiger charge is -2.14. The molecule has 31 heavy (non-hydrogen) atoms. The number of allylic oxidation sites excluding steroid dienone is 1. The van der Waals surface area contributed by atoms with Crippen LogP contribution in [0.4, 0.5) is 5.69 Å². The fourth-order valence-corrected chi connectivity index (χ4v) is 4.54. The highest BCUT2D eigenvalue weighted by Crippen LogP contribution is 2.30. The fraction of sp³-hybridized carbons (Fsp3) is 0.227. The van der Waals surface area contributed by atoms with Crippen molar-refractivity contribution in [1.29, 1.82) is 0 Å². The van der Waals surface area contributed by atoms with Crippen molar-refractivity contribution in [3.05, 3.63) is 68.2 Å². The third kappa shape index (κ3) is 6.03. The quantitative estimate of drug-likeness (QED) is 0.177. The molecular weight excluding hydrogens is 566 g/mol. The third-order valence-corrected chi connectivity index (χ3v) is 6.83. The molecule has 1 N–H and O–H groups in total. The average Bonchev–Trinajstić information content (AvgIpc) is 3.12. The van der Waals surface area contributed by atoms with Gasteiger partial charge in [0.25, 0.3) is 0 Å². The molecular formula is C22H21Cl2IN4OS. The molecule has 0 spiro atoms. The van der Waals surface area contributed by atoms with Gasteiger partial charge in [0.15, 0.2) is 11.0 Å². The lowest BCUT2D eigenvalue weighted by atomic mass is 10.0. The Morgan fingerprint density at radius 2 is 2.00 bits per heavy atom. The molecule has 1 aromatic heterocycles. The molecule has 0 aliphatic carbocycles. The van der Waals surface area contributed by atoms with Crippen LogP contribution in [-0.2, 0) is 11.3 Å². The van der Waals surface area contributed by atoms with Crippen LogP contribution in [0, 0.1) is 3.57 Å². The highest BCUT2D eigenvalue weighted by molar-refractivity contribution is 14.1. The van der Waals surface area contributed by atoms with Gasteiger partial charge >= 0.3 is 0 Å².